The van der Waals surface area contributed by atoms with E-state index in [1.165, 1.54) is 12.1 Å². The molecular weight excluding hydrogens is 298 g/mol. The van der Waals surface area contributed by atoms with Gasteiger partial charge in [-0.25, -0.2) is 4.79 Å². The summed E-state index contributed by atoms with van der Waals surface area (Å²) < 4.78 is 5.15. The largest absolute Gasteiger partial charge is 0.444 e. The molecular formula is C16H23N3O4. The van der Waals surface area contributed by atoms with Gasteiger partial charge in [-0.2, -0.15) is 0 Å². The van der Waals surface area contributed by atoms with E-state index in [-0.39, 0.29) is 5.69 Å². The Bertz CT molecular complexity index is 563. The number of hydrogen-bond acceptors (Lipinski definition) is 5. The second-order valence-corrected chi connectivity index (χ2v) is 6.59. The lowest BCUT2D eigenvalue weighted by Crippen LogP contribution is -2.38. The zero-order valence-corrected chi connectivity index (χ0v) is 13.5. The number of nitro benzene ring substituents is 1. The average Bonchev–Trinajstić information content (AvgIpc) is 2.46. The fraction of sp³-hybridized carbons (Fsp3) is 0.562. The monoisotopic (exact) mass is 321 g/mol. The normalized spacial score (nSPS) is 16.2. The summed E-state index contributed by atoms with van der Waals surface area (Å²) in [7, 11) is 0. The Kier molecular flexibility index (Phi) is 5.08. The number of amides is 1. The Hall–Kier alpha value is -2.31. The maximum atomic E-state index is 10.9. The zero-order valence-electron chi connectivity index (χ0n) is 13.5. The summed E-state index contributed by atoms with van der Waals surface area (Å²) in [5, 5.41) is 10.7. The van der Waals surface area contributed by atoms with Crippen molar-refractivity contribution in [3.05, 3.63) is 34.4 Å². The van der Waals surface area contributed by atoms with Gasteiger partial charge >= 0.3 is 6.09 Å². The van der Waals surface area contributed by atoms with Gasteiger partial charge in [0, 0.05) is 30.9 Å². The number of nitro groups is 1. The highest BCUT2D eigenvalue weighted by Gasteiger charge is 2.29. The molecule has 23 heavy (non-hydrogen) atoms. The molecule has 7 heteroatoms. The maximum absolute atomic E-state index is 10.9. The molecule has 0 aromatic heterocycles. The molecule has 0 atom stereocenters. The molecule has 0 unspecified atom stereocenters. The molecule has 0 saturated carbocycles. The zero-order chi connectivity index (χ0) is 17.0. The number of nitrogens with two attached hydrogens (primary N) is 1. The van der Waals surface area contributed by atoms with Gasteiger partial charge in [-0.1, -0.05) is 0 Å². The van der Waals surface area contributed by atoms with E-state index in [0.717, 1.165) is 38.0 Å². The number of carbonyl (C=O) groups is 1. The minimum Gasteiger partial charge on any atom is -0.444 e. The highest BCUT2D eigenvalue weighted by Crippen LogP contribution is 2.31. The van der Waals surface area contributed by atoms with E-state index in [1.807, 2.05) is 13.8 Å². The number of rotatable bonds is 5. The van der Waals surface area contributed by atoms with Crippen LogP contribution in [0, 0.1) is 16.0 Å². The first-order chi connectivity index (χ1) is 10.8. The highest BCUT2D eigenvalue weighted by molar-refractivity contribution is 5.65. The maximum Gasteiger partial charge on any atom is 0.405 e. The van der Waals surface area contributed by atoms with E-state index in [2.05, 4.69) is 4.90 Å². The molecule has 2 N–H and O–H groups in total. The van der Waals surface area contributed by atoms with Gasteiger partial charge in [0.2, 0.25) is 0 Å². The number of primary amides is 1. The van der Waals surface area contributed by atoms with E-state index in [1.54, 1.807) is 12.1 Å². The van der Waals surface area contributed by atoms with Crippen LogP contribution in [0.2, 0.25) is 0 Å². The number of carbonyl (C=O) groups excluding carboxylic acids is 1. The van der Waals surface area contributed by atoms with Crippen molar-refractivity contribution < 1.29 is 14.5 Å². The predicted molar refractivity (Wildman–Crippen MR) is 87.4 cm³/mol. The predicted octanol–water partition coefficient (Wildman–Crippen LogP) is 3.08. The van der Waals surface area contributed by atoms with Crippen molar-refractivity contribution in [1.29, 1.82) is 0 Å². The lowest BCUT2D eigenvalue weighted by atomic mass is 9.86. The van der Waals surface area contributed by atoms with Crippen molar-refractivity contribution >= 4 is 17.5 Å². The van der Waals surface area contributed by atoms with Crippen molar-refractivity contribution in [1.82, 2.24) is 0 Å². The number of ether oxygens (including phenoxy) is 1. The topological polar surface area (TPSA) is 98.7 Å². The quantitative estimate of drug-likeness (QED) is 0.663. The highest BCUT2D eigenvalue weighted by atomic mass is 16.6. The minimum absolute atomic E-state index is 0.106. The van der Waals surface area contributed by atoms with E-state index in [9.17, 15) is 14.9 Å². The fourth-order valence-corrected chi connectivity index (χ4v) is 3.19. The Morgan fingerprint density at radius 1 is 1.35 bits per heavy atom. The number of benzene rings is 1. The van der Waals surface area contributed by atoms with Crippen LogP contribution in [0.15, 0.2) is 24.3 Å². The van der Waals surface area contributed by atoms with Gasteiger partial charge in [0.1, 0.15) is 5.60 Å². The standard InChI is InChI=1S/C16H23N3O4/c1-16(2,23-15(17)20)11-12-7-9-18(10-8-12)13-3-5-14(6-4-13)19(21)22/h3-6,12H,7-11H2,1-2H3,(H2,17,20). The number of hydrogen-bond donors (Lipinski definition) is 1. The van der Waals surface area contributed by atoms with Crippen molar-refractivity contribution in [2.75, 3.05) is 18.0 Å². The van der Waals surface area contributed by atoms with Crippen molar-refractivity contribution in [2.24, 2.45) is 11.7 Å². The molecule has 1 fully saturated rings. The molecule has 0 radical (unpaired) electrons. The van der Waals surface area contributed by atoms with E-state index in [0.29, 0.717) is 5.92 Å². The van der Waals surface area contributed by atoms with Crippen molar-refractivity contribution in [3.63, 3.8) is 0 Å². The summed E-state index contributed by atoms with van der Waals surface area (Å²) in [6.45, 7) is 5.52. The summed E-state index contributed by atoms with van der Waals surface area (Å²) in [6.07, 6.45) is 2.02. The van der Waals surface area contributed by atoms with Crippen LogP contribution in [0.1, 0.15) is 33.1 Å². The van der Waals surface area contributed by atoms with Crippen LogP contribution in [-0.4, -0.2) is 29.7 Å². The molecule has 1 amide bonds. The smallest absolute Gasteiger partial charge is 0.405 e. The van der Waals surface area contributed by atoms with Crippen molar-refractivity contribution in [3.8, 4) is 0 Å². The van der Waals surface area contributed by atoms with Gasteiger partial charge in [0.25, 0.3) is 5.69 Å². The first-order valence-corrected chi connectivity index (χ1v) is 7.75. The van der Waals surface area contributed by atoms with Crippen molar-refractivity contribution in [2.45, 2.75) is 38.7 Å². The molecule has 1 aromatic rings. The summed E-state index contributed by atoms with van der Waals surface area (Å²) in [5.74, 6) is 0.471. The van der Waals surface area contributed by atoms with Crippen LogP contribution >= 0.6 is 0 Å². The molecule has 7 nitrogen and oxygen atoms in total. The second-order valence-electron chi connectivity index (χ2n) is 6.59. The molecule has 1 heterocycles. The number of non-ortho nitro benzene ring substituents is 1. The van der Waals surface area contributed by atoms with E-state index < -0.39 is 16.6 Å². The molecule has 126 valence electrons. The van der Waals surface area contributed by atoms with Gasteiger partial charge in [-0.3, -0.25) is 10.1 Å². The first kappa shape index (κ1) is 17.1. The van der Waals surface area contributed by atoms with Crippen LogP contribution in [0.5, 0.6) is 0 Å². The summed E-state index contributed by atoms with van der Waals surface area (Å²) in [6, 6.07) is 6.65. The van der Waals surface area contributed by atoms with Crippen LogP contribution in [-0.2, 0) is 4.74 Å². The molecule has 1 aliphatic heterocycles. The van der Waals surface area contributed by atoms with Crippen LogP contribution < -0.4 is 10.6 Å². The molecule has 0 aliphatic carbocycles. The first-order valence-electron chi connectivity index (χ1n) is 7.75. The van der Waals surface area contributed by atoms with Crippen LogP contribution in [0.4, 0.5) is 16.2 Å². The molecule has 1 aliphatic rings. The van der Waals surface area contributed by atoms with Gasteiger partial charge in [0.05, 0.1) is 4.92 Å². The Balaban J connectivity index is 1.88. The van der Waals surface area contributed by atoms with E-state index in [4.69, 9.17) is 10.5 Å². The SMILES string of the molecule is CC(C)(CC1CCN(c2ccc([N+](=O)[O-])cc2)CC1)OC(N)=O. The van der Waals surface area contributed by atoms with Gasteiger partial charge in [-0.05, 0) is 51.2 Å². The summed E-state index contributed by atoms with van der Waals surface area (Å²) in [4.78, 5) is 23.4. The second kappa shape index (κ2) is 6.85. The molecule has 1 aromatic carbocycles. The molecule has 0 bridgehead atoms. The lowest BCUT2D eigenvalue weighted by Gasteiger charge is -2.36. The Morgan fingerprint density at radius 3 is 2.39 bits per heavy atom. The third-order valence-corrected chi connectivity index (χ3v) is 4.20. The van der Waals surface area contributed by atoms with Crippen LogP contribution in [0.25, 0.3) is 0 Å². The molecule has 2 rings (SSSR count). The summed E-state index contributed by atoms with van der Waals surface area (Å²) >= 11 is 0. The average molecular weight is 321 g/mol. The Labute approximate surface area is 135 Å². The lowest BCUT2D eigenvalue weighted by molar-refractivity contribution is -0.384. The van der Waals surface area contributed by atoms with Crippen LogP contribution in [0.3, 0.4) is 0 Å². The molecule has 1 saturated heterocycles. The number of nitrogens with zero attached hydrogens (tertiary/aromatic N) is 2. The minimum atomic E-state index is -0.738. The number of piperidine rings is 1. The third kappa shape index (κ3) is 4.84. The summed E-state index contributed by atoms with van der Waals surface area (Å²) in [5.41, 5.74) is 5.66. The third-order valence-electron chi connectivity index (χ3n) is 4.20. The molecule has 0 spiro atoms. The van der Waals surface area contributed by atoms with Gasteiger partial charge in [-0.15, -0.1) is 0 Å². The fourth-order valence-electron chi connectivity index (χ4n) is 3.19. The Morgan fingerprint density at radius 2 is 1.91 bits per heavy atom. The van der Waals surface area contributed by atoms with Gasteiger partial charge < -0.3 is 15.4 Å². The van der Waals surface area contributed by atoms with Gasteiger partial charge in [0.15, 0.2) is 0 Å². The number of anilines is 1. The van der Waals surface area contributed by atoms with E-state index >= 15 is 0 Å².